The lowest BCUT2D eigenvalue weighted by molar-refractivity contribution is 0.0451. The van der Waals surface area contributed by atoms with Crippen LogP contribution in [0, 0.1) is 12.3 Å². The van der Waals surface area contributed by atoms with E-state index < -0.39 is 5.41 Å². The monoisotopic (exact) mass is 344 g/mol. The first kappa shape index (κ1) is 19.6. The van der Waals surface area contributed by atoms with E-state index >= 15 is 0 Å². The molecule has 1 aliphatic heterocycles. The van der Waals surface area contributed by atoms with Crippen molar-refractivity contribution in [1.29, 1.82) is 0 Å². The number of piperazine rings is 1. The van der Waals surface area contributed by atoms with Gasteiger partial charge >= 0.3 is 0 Å². The number of nitrogens with zero attached hydrogens (tertiary/aromatic N) is 2. The molecule has 0 spiro atoms. The molecule has 1 saturated heterocycles. The van der Waals surface area contributed by atoms with Crippen LogP contribution in [0.3, 0.4) is 0 Å². The molecule has 1 aliphatic rings. The number of hydrogen-bond acceptors (Lipinski definition) is 3. The predicted molar refractivity (Wildman–Crippen MR) is 102 cm³/mol. The molecule has 0 bridgehead atoms. The molecule has 2 rings (SSSR count). The maximum atomic E-state index is 12.8. The first-order chi connectivity index (χ1) is 11.4. The van der Waals surface area contributed by atoms with E-state index in [1.807, 2.05) is 44.7 Å². The summed E-state index contributed by atoms with van der Waals surface area (Å²) in [6.45, 7) is 17.6. The Hall–Kier alpha value is -1.68. The zero-order valence-corrected chi connectivity index (χ0v) is 16.8. The van der Waals surface area contributed by atoms with E-state index in [-0.39, 0.29) is 17.2 Å². The van der Waals surface area contributed by atoms with Crippen molar-refractivity contribution in [2.75, 3.05) is 26.2 Å². The maximum Gasteiger partial charge on any atom is 0.253 e. The molecule has 138 valence electrons. The summed E-state index contributed by atoms with van der Waals surface area (Å²) in [4.78, 5) is 29.6. The number of rotatable bonds is 2. The van der Waals surface area contributed by atoms with Gasteiger partial charge < -0.3 is 4.90 Å². The molecule has 1 aromatic rings. The van der Waals surface area contributed by atoms with Gasteiger partial charge in [0.1, 0.15) is 0 Å². The lowest BCUT2D eigenvalue weighted by Crippen LogP contribution is -2.54. The summed E-state index contributed by atoms with van der Waals surface area (Å²) >= 11 is 0. The van der Waals surface area contributed by atoms with Gasteiger partial charge in [-0.2, -0.15) is 0 Å². The standard InChI is InChI=1S/C21H32N2O2/c1-15-14-16(8-9-17(15)18(24)20(2,3)4)19(25)22-10-12-23(13-11-22)21(5,6)7/h8-9,14H,10-13H2,1-7H3. The van der Waals surface area contributed by atoms with Gasteiger partial charge in [-0.15, -0.1) is 0 Å². The van der Waals surface area contributed by atoms with Crippen LogP contribution in [0.4, 0.5) is 0 Å². The number of ketones is 1. The highest BCUT2D eigenvalue weighted by atomic mass is 16.2. The number of amides is 1. The fourth-order valence-electron chi connectivity index (χ4n) is 3.22. The van der Waals surface area contributed by atoms with Crippen molar-refractivity contribution < 1.29 is 9.59 Å². The van der Waals surface area contributed by atoms with Gasteiger partial charge in [-0.05, 0) is 45.4 Å². The second kappa shape index (κ2) is 6.91. The van der Waals surface area contributed by atoms with Gasteiger partial charge in [-0.1, -0.05) is 26.8 Å². The lowest BCUT2D eigenvalue weighted by Gasteiger charge is -2.42. The zero-order chi connectivity index (χ0) is 19.0. The number of benzene rings is 1. The van der Waals surface area contributed by atoms with Crippen LogP contribution in [0.15, 0.2) is 18.2 Å². The minimum Gasteiger partial charge on any atom is -0.336 e. The number of carbonyl (C=O) groups is 2. The predicted octanol–water partition coefficient (Wildman–Crippen LogP) is 3.78. The van der Waals surface area contributed by atoms with Crippen molar-refractivity contribution in [3.8, 4) is 0 Å². The van der Waals surface area contributed by atoms with Crippen molar-refractivity contribution in [2.45, 2.75) is 54.0 Å². The van der Waals surface area contributed by atoms with E-state index in [1.54, 1.807) is 6.07 Å². The van der Waals surface area contributed by atoms with E-state index in [1.165, 1.54) is 0 Å². The molecular formula is C21H32N2O2. The van der Waals surface area contributed by atoms with Gasteiger partial charge in [0, 0.05) is 48.3 Å². The number of carbonyl (C=O) groups excluding carboxylic acids is 2. The largest absolute Gasteiger partial charge is 0.336 e. The quantitative estimate of drug-likeness (QED) is 0.767. The van der Waals surface area contributed by atoms with Gasteiger partial charge in [-0.25, -0.2) is 0 Å². The van der Waals surface area contributed by atoms with Crippen molar-refractivity contribution in [3.05, 3.63) is 34.9 Å². The highest BCUT2D eigenvalue weighted by molar-refractivity contribution is 6.02. The van der Waals surface area contributed by atoms with Crippen LogP contribution in [0.2, 0.25) is 0 Å². The number of hydrogen-bond donors (Lipinski definition) is 0. The Balaban J connectivity index is 2.11. The molecule has 1 heterocycles. The molecule has 25 heavy (non-hydrogen) atoms. The molecule has 1 aromatic carbocycles. The van der Waals surface area contributed by atoms with Crippen LogP contribution in [-0.4, -0.2) is 53.2 Å². The van der Waals surface area contributed by atoms with E-state index in [0.29, 0.717) is 11.1 Å². The van der Waals surface area contributed by atoms with E-state index in [9.17, 15) is 9.59 Å². The molecule has 0 N–H and O–H groups in total. The Morgan fingerprint density at radius 2 is 1.48 bits per heavy atom. The zero-order valence-electron chi connectivity index (χ0n) is 16.8. The first-order valence-electron chi connectivity index (χ1n) is 9.11. The first-order valence-corrected chi connectivity index (χ1v) is 9.11. The van der Waals surface area contributed by atoms with Crippen LogP contribution in [0.25, 0.3) is 0 Å². The average molecular weight is 344 g/mol. The number of Topliss-reactive ketones (excluding diaryl/α,β-unsaturated/α-hetero) is 1. The van der Waals surface area contributed by atoms with E-state index in [4.69, 9.17) is 0 Å². The highest BCUT2D eigenvalue weighted by Gasteiger charge is 2.29. The Morgan fingerprint density at radius 3 is 1.92 bits per heavy atom. The molecule has 0 unspecified atom stereocenters. The third-order valence-electron chi connectivity index (χ3n) is 4.91. The fourth-order valence-corrected chi connectivity index (χ4v) is 3.22. The molecular weight excluding hydrogens is 312 g/mol. The van der Waals surface area contributed by atoms with Gasteiger partial charge in [-0.3, -0.25) is 14.5 Å². The van der Waals surface area contributed by atoms with Crippen LogP contribution in [-0.2, 0) is 0 Å². The average Bonchev–Trinajstić information content (AvgIpc) is 2.52. The second-order valence-electron chi connectivity index (χ2n) is 9.06. The molecule has 0 atom stereocenters. The summed E-state index contributed by atoms with van der Waals surface area (Å²) in [7, 11) is 0. The summed E-state index contributed by atoms with van der Waals surface area (Å²) in [5.74, 6) is 0.175. The highest BCUT2D eigenvalue weighted by Crippen LogP contribution is 2.24. The Bertz CT molecular complexity index is 657. The van der Waals surface area contributed by atoms with Crippen LogP contribution < -0.4 is 0 Å². The minimum absolute atomic E-state index is 0.0615. The summed E-state index contributed by atoms with van der Waals surface area (Å²) in [5, 5.41) is 0. The smallest absolute Gasteiger partial charge is 0.253 e. The molecule has 1 amide bonds. The van der Waals surface area contributed by atoms with Gasteiger partial charge in [0.2, 0.25) is 0 Å². The molecule has 0 aromatic heterocycles. The third kappa shape index (κ3) is 4.49. The molecule has 1 fully saturated rings. The Morgan fingerprint density at radius 1 is 0.920 bits per heavy atom. The van der Waals surface area contributed by atoms with Crippen molar-refractivity contribution >= 4 is 11.7 Å². The topological polar surface area (TPSA) is 40.6 Å². The van der Waals surface area contributed by atoms with Crippen molar-refractivity contribution in [3.63, 3.8) is 0 Å². The van der Waals surface area contributed by atoms with E-state index in [2.05, 4.69) is 25.7 Å². The summed E-state index contributed by atoms with van der Waals surface area (Å²) in [5.41, 5.74) is 1.98. The Kier molecular flexibility index (Phi) is 5.43. The second-order valence-corrected chi connectivity index (χ2v) is 9.06. The lowest BCUT2D eigenvalue weighted by atomic mass is 9.84. The summed E-state index contributed by atoms with van der Waals surface area (Å²) < 4.78 is 0. The summed E-state index contributed by atoms with van der Waals surface area (Å²) in [6.07, 6.45) is 0. The number of aryl methyl sites for hydroxylation is 1. The van der Waals surface area contributed by atoms with Crippen LogP contribution in [0.1, 0.15) is 67.8 Å². The maximum absolute atomic E-state index is 12.8. The van der Waals surface area contributed by atoms with Crippen LogP contribution in [0.5, 0.6) is 0 Å². The van der Waals surface area contributed by atoms with Crippen molar-refractivity contribution in [2.24, 2.45) is 5.41 Å². The van der Waals surface area contributed by atoms with Gasteiger partial charge in [0.05, 0.1) is 0 Å². The van der Waals surface area contributed by atoms with Crippen molar-refractivity contribution in [1.82, 2.24) is 9.80 Å². The molecule has 4 nitrogen and oxygen atoms in total. The van der Waals surface area contributed by atoms with Gasteiger partial charge in [0.25, 0.3) is 5.91 Å². The molecule has 4 heteroatoms. The minimum atomic E-state index is -0.417. The SMILES string of the molecule is Cc1cc(C(=O)N2CCN(C(C)(C)C)CC2)ccc1C(=O)C(C)(C)C. The fraction of sp³-hybridized carbons (Fsp3) is 0.619. The molecule has 0 aliphatic carbocycles. The summed E-state index contributed by atoms with van der Waals surface area (Å²) in [6, 6.07) is 5.46. The normalized spacial score (nSPS) is 16.8. The Labute approximate surface area is 152 Å². The van der Waals surface area contributed by atoms with Gasteiger partial charge in [0.15, 0.2) is 5.78 Å². The van der Waals surface area contributed by atoms with Crippen LogP contribution >= 0.6 is 0 Å². The molecule has 0 saturated carbocycles. The van der Waals surface area contributed by atoms with E-state index in [0.717, 1.165) is 31.7 Å². The third-order valence-corrected chi connectivity index (χ3v) is 4.91. The molecule has 0 radical (unpaired) electrons.